The lowest BCUT2D eigenvalue weighted by Gasteiger charge is -2.14. The number of benzene rings is 1. The molecule has 1 fully saturated rings. The van der Waals surface area contributed by atoms with E-state index in [4.69, 9.17) is 4.74 Å². The second-order valence-electron chi connectivity index (χ2n) is 3.66. The van der Waals surface area contributed by atoms with Crippen molar-refractivity contribution in [1.82, 2.24) is 5.32 Å². The van der Waals surface area contributed by atoms with E-state index in [1.54, 1.807) is 0 Å². The van der Waals surface area contributed by atoms with E-state index in [-0.39, 0.29) is 12.4 Å². The number of ether oxygens (including phenoxy) is 1. The van der Waals surface area contributed by atoms with Gasteiger partial charge in [0, 0.05) is 12.5 Å². The summed E-state index contributed by atoms with van der Waals surface area (Å²) in [6, 6.07) is 8.38. The first-order chi connectivity index (χ1) is 6.92. The average molecular weight is 228 g/mol. The smallest absolute Gasteiger partial charge is 0.122 e. The van der Waals surface area contributed by atoms with Crippen LogP contribution in [0.15, 0.2) is 24.3 Å². The van der Waals surface area contributed by atoms with Crippen LogP contribution in [0, 0.1) is 0 Å². The Morgan fingerprint density at radius 3 is 2.87 bits per heavy atom. The number of nitrogens with one attached hydrogen (secondary N) is 1. The summed E-state index contributed by atoms with van der Waals surface area (Å²) in [5.74, 6) is 1.70. The average Bonchev–Trinajstić information content (AvgIpc) is 2.72. The van der Waals surface area contributed by atoms with Crippen LogP contribution in [0.2, 0.25) is 0 Å². The predicted molar refractivity (Wildman–Crippen MR) is 65.1 cm³/mol. The molecule has 1 atom stereocenters. The van der Waals surface area contributed by atoms with Crippen LogP contribution in [0.3, 0.4) is 0 Å². The van der Waals surface area contributed by atoms with Crippen LogP contribution in [-0.2, 0) is 0 Å². The summed E-state index contributed by atoms with van der Waals surface area (Å²) in [5.41, 5.74) is 1.36. The van der Waals surface area contributed by atoms with E-state index in [1.165, 1.54) is 12.0 Å². The molecule has 1 aliphatic heterocycles. The summed E-state index contributed by atoms with van der Waals surface area (Å²) >= 11 is 0. The Morgan fingerprint density at radius 1 is 1.40 bits per heavy atom. The van der Waals surface area contributed by atoms with Crippen molar-refractivity contribution in [1.29, 1.82) is 0 Å². The van der Waals surface area contributed by atoms with Crippen LogP contribution in [0.25, 0.3) is 0 Å². The fourth-order valence-electron chi connectivity index (χ4n) is 2.02. The van der Waals surface area contributed by atoms with Gasteiger partial charge in [-0.3, -0.25) is 0 Å². The van der Waals surface area contributed by atoms with Crippen molar-refractivity contribution in [2.24, 2.45) is 0 Å². The maximum atomic E-state index is 5.62. The van der Waals surface area contributed by atoms with Gasteiger partial charge in [-0.1, -0.05) is 18.2 Å². The van der Waals surface area contributed by atoms with Crippen LogP contribution >= 0.6 is 12.4 Å². The highest BCUT2D eigenvalue weighted by Crippen LogP contribution is 2.30. The minimum atomic E-state index is 0. The summed E-state index contributed by atoms with van der Waals surface area (Å²) in [5, 5.41) is 3.38. The SMILES string of the molecule is CCOc1ccccc1C1CCNC1.Cl. The van der Waals surface area contributed by atoms with Gasteiger partial charge in [-0.25, -0.2) is 0 Å². The van der Waals surface area contributed by atoms with Crippen molar-refractivity contribution in [3.8, 4) is 5.75 Å². The monoisotopic (exact) mass is 227 g/mol. The molecule has 1 aromatic rings. The largest absolute Gasteiger partial charge is 0.494 e. The fraction of sp³-hybridized carbons (Fsp3) is 0.500. The predicted octanol–water partition coefficient (Wildman–Crippen LogP) is 2.58. The molecule has 2 rings (SSSR count). The van der Waals surface area contributed by atoms with Gasteiger partial charge in [0.2, 0.25) is 0 Å². The lowest BCUT2D eigenvalue weighted by molar-refractivity contribution is 0.334. The minimum absolute atomic E-state index is 0. The summed E-state index contributed by atoms with van der Waals surface area (Å²) in [6.45, 7) is 5.00. The first-order valence-electron chi connectivity index (χ1n) is 5.34. The molecule has 1 heterocycles. The van der Waals surface area contributed by atoms with E-state index in [9.17, 15) is 0 Å². The van der Waals surface area contributed by atoms with Gasteiger partial charge in [-0.15, -0.1) is 12.4 Å². The summed E-state index contributed by atoms with van der Waals surface area (Å²) in [7, 11) is 0. The highest BCUT2D eigenvalue weighted by Gasteiger charge is 2.19. The van der Waals surface area contributed by atoms with Crippen LogP contribution in [0.4, 0.5) is 0 Å². The van der Waals surface area contributed by atoms with Crippen LogP contribution in [0.5, 0.6) is 5.75 Å². The Labute approximate surface area is 97.4 Å². The lowest BCUT2D eigenvalue weighted by atomic mass is 9.97. The van der Waals surface area contributed by atoms with Crippen molar-refractivity contribution in [2.45, 2.75) is 19.3 Å². The maximum absolute atomic E-state index is 5.62. The molecule has 3 heteroatoms. The van der Waals surface area contributed by atoms with Gasteiger partial charge in [0.1, 0.15) is 5.75 Å². The number of rotatable bonds is 3. The number of hydrogen-bond acceptors (Lipinski definition) is 2. The second-order valence-corrected chi connectivity index (χ2v) is 3.66. The first-order valence-corrected chi connectivity index (χ1v) is 5.34. The van der Waals surface area contributed by atoms with Crippen LogP contribution in [0.1, 0.15) is 24.8 Å². The van der Waals surface area contributed by atoms with Gasteiger partial charge in [0.05, 0.1) is 6.61 Å². The highest BCUT2D eigenvalue weighted by atomic mass is 35.5. The Bertz CT molecular complexity index is 297. The van der Waals surface area contributed by atoms with Crippen molar-refractivity contribution < 1.29 is 4.74 Å². The molecule has 15 heavy (non-hydrogen) atoms. The number of halogens is 1. The van der Waals surface area contributed by atoms with Crippen molar-refractivity contribution in [3.05, 3.63) is 29.8 Å². The van der Waals surface area contributed by atoms with Gasteiger partial charge < -0.3 is 10.1 Å². The fourth-order valence-corrected chi connectivity index (χ4v) is 2.02. The zero-order chi connectivity index (χ0) is 9.80. The van der Waals surface area contributed by atoms with Gasteiger partial charge >= 0.3 is 0 Å². The Hall–Kier alpha value is -0.730. The van der Waals surface area contributed by atoms with Crippen LogP contribution < -0.4 is 10.1 Å². The molecular formula is C12H18ClNO. The molecule has 1 saturated heterocycles. The topological polar surface area (TPSA) is 21.3 Å². The molecule has 2 nitrogen and oxygen atoms in total. The Morgan fingerprint density at radius 2 is 2.20 bits per heavy atom. The highest BCUT2D eigenvalue weighted by molar-refractivity contribution is 5.85. The normalized spacial score (nSPS) is 19.7. The van der Waals surface area contributed by atoms with Gasteiger partial charge in [0.25, 0.3) is 0 Å². The molecule has 0 bridgehead atoms. The van der Waals surface area contributed by atoms with E-state index in [2.05, 4.69) is 23.5 Å². The van der Waals surface area contributed by atoms with Crippen LogP contribution in [-0.4, -0.2) is 19.7 Å². The zero-order valence-electron chi connectivity index (χ0n) is 9.03. The molecule has 1 N–H and O–H groups in total. The van der Waals surface area contributed by atoms with E-state index in [1.807, 2.05) is 13.0 Å². The quantitative estimate of drug-likeness (QED) is 0.857. The molecule has 1 aliphatic rings. The first kappa shape index (κ1) is 12.3. The summed E-state index contributed by atoms with van der Waals surface area (Å²) in [6.07, 6.45) is 1.23. The third kappa shape index (κ3) is 2.86. The molecule has 0 amide bonds. The molecule has 0 spiro atoms. The summed E-state index contributed by atoms with van der Waals surface area (Å²) in [4.78, 5) is 0. The third-order valence-electron chi connectivity index (χ3n) is 2.72. The minimum Gasteiger partial charge on any atom is -0.494 e. The third-order valence-corrected chi connectivity index (χ3v) is 2.72. The van der Waals surface area contributed by atoms with E-state index in [0.29, 0.717) is 5.92 Å². The number of para-hydroxylation sites is 1. The molecule has 1 unspecified atom stereocenters. The lowest BCUT2D eigenvalue weighted by Crippen LogP contribution is -2.09. The standard InChI is InChI=1S/C12H17NO.ClH/c1-2-14-12-6-4-3-5-11(12)10-7-8-13-9-10;/h3-6,10,13H,2,7-9H2,1H3;1H. The molecule has 1 aromatic carbocycles. The van der Waals surface area contributed by atoms with E-state index >= 15 is 0 Å². The summed E-state index contributed by atoms with van der Waals surface area (Å²) < 4.78 is 5.62. The second kappa shape index (κ2) is 5.99. The van der Waals surface area contributed by atoms with Gasteiger partial charge in [0.15, 0.2) is 0 Å². The molecule has 0 saturated carbocycles. The molecular weight excluding hydrogens is 210 g/mol. The van der Waals surface area contributed by atoms with Crippen molar-refractivity contribution >= 4 is 12.4 Å². The van der Waals surface area contributed by atoms with E-state index in [0.717, 1.165) is 25.4 Å². The van der Waals surface area contributed by atoms with Gasteiger partial charge in [-0.05, 0) is 31.5 Å². The zero-order valence-corrected chi connectivity index (χ0v) is 9.85. The Balaban J connectivity index is 0.00000112. The van der Waals surface area contributed by atoms with E-state index < -0.39 is 0 Å². The van der Waals surface area contributed by atoms with Crippen molar-refractivity contribution in [3.63, 3.8) is 0 Å². The molecule has 0 aromatic heterocycles. The molecule has 84 valence electrons. The number of hydrogen-bond donors (Lipinski definition) is 1. The van der Waals surface area contributed by atoms with Gasteiger partial charge in [-0.2, -0.15) is 0 Å². The van der Waals surface area contributed by atoms with Crippen molar-refractivity contribution in [2.75, 3.05) is 19.7 Å². The molecule has 0 radical (unpaired) electrons. The molecule has 0 aliphatic carbocycles. The maximum Gasteiger partial charge on any atom is 0.122 e. The Kier molecular flexibility index (Phi) is 4.92.